The van der Waals surface area contributed by atoms with Gasteiger partial charge in [0.2, 0.25) is 0 Å². The Bertz CT molecular complexity index is 1940. The molecule has 6 unspecified atom stereocenters. The molecule has 16 nitrogen and oxygen atoms in total. The van der Waals surface area contributed by atoms with E-state index in [0.717, 1.165) is 57.8 Å². The first-order chi connectivity index (χ1) is 32.9. The molecule has 0 amide bonds. The topological polar surface area (TPSA) is 187 Å². The molecule has 0 spiro atoms. The number of hydrogen-bond donors (Lipinski definition) is 0. The van der Waals surface area contributed by atoms with Crippen molar-refractivity contribution in [2.75, 3.05) is 59.5 Å². The summed E-state index contributed by atoms with van der Waals surface area (Å²) in [6, 6.07) is 0. The molecule has 15 fully saturated rings. The zero-order valence-corrected chi connectivity index (χ0v) is 41.1. The second kappa shape index (κ2) is 16.1. The highest BCUT2D eigenvalue weighted by Crippen LogP contribution is 2.67. The number of hydrogen-bond acceptors (Lipinski definition) is 16. The van der Waals surface area contributed by atoms with Crippen LogP contribution in [-0.2, 0) is 61.7 Å². The monoisotopic (exact) mass is 966 g/mol. The van der Waals surface area contributed by atoms with Crippen LogP contribution in [-0.4, -0.2) is 118 Å². The van der Waals surface area contributed by atoms with Crippen molar-refractivity contribution >= 4 is 30.4 Å². The summed E-state index contributed by atoms with van der Waals surface area (Å²) in [5.74, 6) is 0.405. The molecule has 69 heavy (non-hydrogen) atoms. The first-order valence-electron chi connectivity index (χ1n) is 26.7. The summed E-state index contributed by atoms with van der Waals surface area (Å²) < 4.78 is 67.1. The minimum Gasteiger partial charge on any atom is -0.464 e. The Balaban J connectivity index is 0.764. The van der Waals surface area contributed by atoms with E-state index in [1.54, 1.807) is 0 Å². The molecule has 3 aliphatic heterocycles. The lowest BCUT2D eigenvalue weighted by Gasteiger charge is -2.63. The summed E-state index contributed by atoms with van der Waals surface area (Å²) in [7, 11) is 0. The highest BCUT2D eigenvalue weighted by molar-refractivity contribution is 5.79. The summed E-state index contributed by atoms with van der Waals surface area (Å²) >= 11 is 0. The van der Waals surface area contributed by atoms with Gasteiger partial charge in [-0.2, -0.15) is 0 Å². The van der Waals surface area contributed by atoms with Gasteiger partial charge in [0, 0.05) is 32.1 Å². The summed E-state index contributed by atoms with van der Waals surface area (Å²) in [4.78, 5) is 70.9. The standard InChI is InChI=1S/C53H74O16/c1-4-44(25-59-26-44)31-62-39(54)47-9-34-7-35(10-47)14-49(13-34,20-47)66-42(57)68-52-18-38-17-51(22-52,65-41(56)64-33-46(6-3)29-61-30-46)23-53(19-38,24-52)69-43(58)67-50-15-36-8-37(16-50)12-48(11-36,21-50)40(55)63-32-45(5-2)27-60-28-45/h34-38H,4-33H2,1-3H3. The maximum atomic E-state index is 14.5. The van der Waals surface area contributed by atoms with Gasteiger partial charge >= 0.3 is 30.4 Å². The van der Waals surface area contributed by atoms with Crippen LogP contribution >= 0.6 is 0 Å². The average molecular weight is 967 g/mol. The van der Waals surface area contributed by atoms with E-state index < -0.39 is 57.3 Å². The van der Waals surface area contributed by atoms with Crippen LogP contribution in [0.3, 0.4) is 0 Å². The average Bonchev–Trinajstić information content (AvgIpc) is 3.20. The lowest BCUT2D eigenvalue weighted by Crippen LogP contribution is -2.69. The molecular weight excluding hydrogens is 893 g/mol. The third-order valence-corrected chi connectivity index (χ3v) is 20.5. The summed E-state index contributed by atoms with van der Waals surface area (Å²) in [5.41, 5.74) is -7.22. The Labute approximate surface area is 405 Å². The van der Waals surface area contributed by atoms with Gasteiger partial charge in [0.05, 0.1) is 66.7 Å². The van der Waals surface area contributed by atoms with Gasteiger partial charge in [-0.05, 0) is 132 Å². The van der Waals surface area contributed by atoms with E-state index in [1.165, 1.54) is 0 Å². The molecule has 15 rings (SSSR count). The molecule has 0 radical (unpaired) electrons. The number of carbonyl (C=O) groups excluding carboxylic acids is 5. The van der Waals surface area contributed by atoms with Crippen LogP contribution in [0.5, 0.6) is 0 Å². The van der Waals surface area contributed by atoms with Gasteiger partial charge in [-0.25, -0.2) is 14.4 Å². The molecule has 3 saturated heterocycles. The van der Waals surface area contributed by atoms with Crippen molar-refractivity contribution in [1.29, 1.82) is 0 Å². The van der Waals surface area contributed by atoms with Crippen LogP contribution < -0.4 is 0 Å². The molecule has 15 aliphatic rings. The SMILES string of the molecule is CCC1(COC(=O)OC23CC4CC(OC(=O)OC56CC7CC(C5)CC(C(=O)OCC5(CC)COC5)(C7)C6)(C2)CC(OC(=O)OC25CC6CC(C2)CC(C(=O)OCC2(CC)COC2)(C6)C5)(C4)C3)COC1. The Morgan fingerprint density at radius 3 is 1.00 bits per heavy atom. The second-order valence-electron chi connectivity index (χ2n) is 26.1. The van der Waals surface area contributed by atoms with Crippen molar-refractivity contribution in [3.8, 4) is 0 Å². The molecule has 16 heteroatoms. The fourth-order valence-corrected chi connectivity index (χ4v) is 17.8. The van der Waals surface area contributed by atoms with Crippen LogP contribution in [0.1, 0.15) is 156 Å². The molecule has 12 bridgehead atoms. The molecular formula is C53H74O16. The highest BCUT2D eigenvalue weighted by atomic mass is 16.8. The van der Waals surface area contributed by atoms with Crippen LogP contribution in [0.4, 0.5) is 14.4 Å². The molecule has 0 N–H and O–H groups in total. The molecule has 12 saturated carbocycles. The largest absolute Gasteiger partial charge is 0.509 e. The normalized spacial score (nSPS) is 44.4. The van der Waals surface area contributed by atoms with E-state index in [0.29, 0.717) is 111 Å². The van der Waals surface area contributed by atoms with Crippen LogP contribution in [0.25, 0.3) is 0 Å². The Hall–Kier alpha value is -3.37. The van der Waals surface area contributed by atoms with E-state index in [4.69, 9.17) is 52.1 Å². The van der Waals surface area contributed by atoms with Gasteiger partial charge in [0.25, 0.3) is 0 Å². The third-order valence-electron chi connectivity index (χ3n) is 20.5. The van der Waals surface area contributed by atoms with Gasteiger partial charge in [-0.15, -0.1) is 0 Å². The molecule has 0 aromatic carbocycles. The fraction of sp³-hybridized carbons (Fsp3) is 0.906. The van der Waals surface area contributed by atoms with E-state index in [9.17, 15) is 24.0 Å². The van der Waals surface area contributed by atoms with Crippen molar-refractivity contribution in [3.63, 3.8) is 0 Å². The van der Waals surface area contributed by atoms with Crippen LogP contribution in [0, 0.1) is 56.7 Å². The first-order valence-corrected chi connectivity index (χ1v) is 26.7. The lowest BCUT2D eigenvalue weighted by molar-refractivity contribution is -0.271. The van der Waals surface area contributed by atoms with Gasteiger partial charge < -0.3 is 52.1 Å². The predicted molar refractivity (Wildman–Crippen MR) is 239 cm³/mol. The predicted octanol–water partition coefficient (Wildman–Crippen LogP) is 8.70. The van der Waals surface area contributed by atoms with Gasteiger partial charge in [0.15, 0.2) is 0 Å². The molecule has 3 heterocycles. The fourth-order valence-electron chi connectivity index (χ4n) is 17.8. The second-order valence-corrected chi connectivity index (χ2v) is 26.1. The number of rotatable bonds is 16. The molecule has 6 atom stereocenters. The zero-order chi connectivity index (χ0) is 47.8. The van der Waals surface area contributed by atoms with Gasteiger partial charge in [0.1, 0.15) is 47.8 Å². The zero-order valence-electron chi connectivity index (χ0n) is 41.1. The summed E-state index contributed by atoms with van der Waals surface area (Å²) in [5, 5.41) is 0. The van der Waals surface area contributed by atoms with Crippen molar-refractivity contribution in [3.05, 3.63) is 0 Å². The van der Waals surface area contributed by atoms with Crippen molar-refractivity contribution in [2.24, 2.45) is 56.7 Å². The minimum atomic E-state index is -1.18. The van der Waals surface area contributed by atoms with Crippen molar-refractivity contribution in [2.45, 2.75) is 184 Å². The summed E-state index contributed by atoms with van der Waals surface area (Å²) in [6.45, 7) is 10.4. The van der Waals surface area contributed by atoms with E-state index in [-0.39, 0.29) is 83.6 Å². The highest BCUT2D eigenvalue weighted by Gasteiger charge is 2.71. The minimum absolute atomic E-state index is 0.119. The third kappa shape index (κ3) is 8.03. The smallest absolute Gasteiger partial charge is 0.464 e. The lowest BCUT2D eigenvalue weighted by atomic mass is 9.48. The van der Waals surface area contributed by atoms with Crippen LogP contribution in [0.15, 0.2) is 0 Å². The quantitative estimate of drug-likeness (QED) is 0.105. The van der Waals surface area contributed by atoms with Crippen molar-refractivity contribution < 1.29 is 76.1 Å². The summed E-state index contributed by atoms with van der Waals surface area (Å²) in [6.07, 6.45) is 10.5. The number of ether oxygens (including phenoxy) is 11. The van der Waals surface area contributed by atoms with Crippen molar-refractivity contribution in [1.82, 2.24) is 0 Å². The Morgan fingerprint density at radius 2 is 0.681 bits per heavy atom. The maximum Gasteiger partial charge on any atom is 0.509 e. The number of carbonyl (C=O) groups is 5. The molecule has 0 aromatic heterocycles. The molecule has 382 valence electrons. The van der Waals surface area contributed by atoms with Crippen LogP contribution in [0.2, 0.25) is 0 Å². The van der Waals surface area contributed by atoms with E-state index in [2.05, 4.69) is 13.8 Å². The molecule has 0 aromatic rings. The Morgan fingerprint density at radius 1 is 0.377 bits per heavy atom. The Kier molecular flexibility index (Phi) is 10.9. The van der Waals surface area contributed by atoms with E-state index >= 15 is 0 Å². The van der Waals surface area contributed by atoms with Gasteiger partial charge in [-0.1, -0.05) is 20.8 Å². The molecule has 12 aliphatic carbocycles. The number of esters is 2. The van der Waals surface area contributed by atoms with E-state index in [1.807, 2.05) is 6.92 Å². The first kappa shape index (κ1) is 46.7. The van der Waals surface area contributed by atoms with Gasteiger partial charge in [-0.3, -0.25) is 9.59 Å². The maximum absolute atomic E-state index is 14.5.